The van der Waals surface area contributed by atoms with Crippen LogP contribution in [0.15, 0.2) is 71.1 Å². The van der Waals surface area contributed by atoms with Crippen LogP contribution in [0.1, 0.15) is 0 Å². The van der Waals surface area contributed by atoms with Crippen molar-refractivity contribution in [2.24, 2.45) is 0 Å². The maximum Gasteiger partial charge on any atom is 0.327 e. The first-order valence-corrected chi connectivity index (χ1v) is 7.67. The Morgan fingerprint density at radius 1 is 0.708 bits per heavy atom. The van der Waals surface area contributed by atoms with Crippen molar-refractivity contribution in [1.29, 1.82) is 0 Å². The van der Waals surface area contributed by atoms with E-state index in [0.717, 1.165) is 27.5 Å². The van der Waals surface area contributed by atoms with Crippen molar-refractivity contribution in [3.63, 3.8) is 0 Å². The normalized spacial score (nSPS) is 11.7. The summed E-state index contributed by atoms with van der Waals surface area (Å²) in [5.74, 6) is -0.670. The first-order chi connectivity index (χ1) is 11.7. The van der Waals surface area contributed by atoms with Crippen LogP contribution in [0.3, 0.4) is 0 Å². The minimum Gasteiger partial charge on any atom is -0.501 e. The van der Waals surface area contributed by atoms with Crippen LogP contribution in [0.4, 0.5) is 0 Å². The fourth-order valence-corrected chi connectivity index (χ4v) is 3.39. The van der Waals surface area contributed by atoms with Crippen LogP contribution in [-0.2, 0) is 0 Å². The fourth-order valence-electron chi connectivity index (χ4n) is 3.39. The molecule has 2 N–H and O–H groups in total. The molecule has 5 rings (SSSR count). The number of rotatable bonds is 1. The summed E-state index contributed by atoms with van der Waals surface area (Å²) in [5.41, 5.74) is 3.54. The van der Waals surface area contributed by atoms with Crippen molar-refractivity contribution in [1.82, 2.24) is 4.57 Å². The van der Waals surface area contributed by atoms with E-state index in [9.17, 15) is 10.2 Å². The van der Waals surface area contributed by atoms with Crippen LogP contribution in [0.25, 0.3) is 38.5 Å². The van der Waals surface area contributed by atoms with Crippen LogP contribution in [0.5, 0.6) is 11.7 Å². The highest BCUT2D eigenvalue weighted by Gasteiger charge is 2.18. The summed E-state index contributed by atoms with van der Waals surface area (Å²) >= 11 is 0. The zero-order valence-corrected chi connectivity index (χ0v) is 12.6. The first kappa shape index (κ1) is 13.1. The average Bonchev–Trinajstić information content (AvgIpc) is 3.08. The number of benzene rings is 3. The quantitative estimate of drug-likeness (QED) is 0.460. The Morgan fingerprint density at radius 2 is 1.46 bits per heavy atom. The summed E-state index contributed by atoms with van der Waals surface area (Å²) < 4.78 is 7.44. The highest BCUT2D eigenvalue weighted by molar-refractivity contribution is 6.13. The highest BCUT2D eigenvalue weighted by Crippen LogP contribution is 2.41. The first-order valence-electron chi connectivity index (χ1n) is 7.67. The number of aromatic hydroxyl groups is 2. The molecule has 0 saturated heterocycles. The lowest BCUT2D eigenvalue weighted by atomic mass is 10.1. The molecular weight excluding hydrogens is 302 g/mol. The molecule has 116 valence electrons. The fraction of sp³-hybridized carbons (Fsp3) is 0. The molecule has 0 bridgehead atoms. The minimum atomic E-state index is -0.451. The maximum absolute atomic E-state index is 10.0. The van der Waals surface area contributed by atoms with E-state index in [1.54, 1.807) is 0 Å². The number of hydrogen-bond donors (Lipinski definition) is 2. The lowest BCUT2D eigenvalue weighted by Crippen LogP contribution is -1.92. The Kier molecular flexibility index (Phi) is 2.48. The summed E-state index contributed by atoms with van der Waals surface area (Å²) in [4.78, 5) is 0. The Balaban J connectivity index is 2.02. The van der Waals surface area contributed by atoms with Gasteiger partial charge >= 0.3 is 5.95 Å². The van der Waals surface area contributed by atoms with Crippen molar-refractivity contribution in [2.45, 2.75) is 0 Å². The smallest absolute Gasteiger partial charge is 0.327 e. The summed E-state index contributed by atoms with van der Waals surface area (Å²) in [6, 6.07) is 21.9. The minimum absolute atomic E-state index is 0.219. The standard InChI is InChI=1S/C20H13NO3/c22-19-15-10-14-13-8-4-5-9-16(13)21(12-6-2-1-3-7-12)17(14)11-18(15)24-20(19)23/h1-11,22-23H. The van der Waals surface area contributed by atoms with Crippen LogP contribution >= 0.6 is 0 Å². The molecule has 0 aliphatic heterocycles. The van der Waals surface area contributed by atoms with Gasteiger partial charge in [0.15, 0.2) is 0 Å². The van der Waals surface area contributed by atoms with Crippen molar-refractivity contribution in [2.75, 3.05) is 0 Å². The van der Waals surface area contributed by atoms with Gasteiger partial charge in [0.2, 0.25) is 5.75 Å². The van der Waals surface area contributed by atoms with Gasteiger partial charge in [-0.2, -0.15) is 0 Å². The van der Waals surface area contributed by atoms with Crippen LogP contribution in [0.2, 0.25) is 0 Å². The molecule has 4 nitrogen and oxygen atoms in total. The number of aromatic nitrogens is 1. The molecule has 0 amide bonds. The summed E-state index contributed by atoms with van der Waals surface area (Å²) in [5, 5.41) is 22.3. The van der Waals surface area contributed by atoms with Gasteiger partial charge in [-0.25, -0.2) is 0 Å². The molecule has 0 aliphatic carbocycles. The van der Waals surface area contributed by atoms with Gasteiger partial charge in [-0.15, -0.1) is 0 Å². The van der Waals surface area contributed by atoms with Crippen LogP contribution in [0, 0.1) is 0 Å². The molecular formula is C20H13NO3. The van der Waals surface area contributed by atoms with E-state index in [-0.39, 0.29) is 5.75 Å². The molecule has 0 spiro atoms. The lowest BCUT2D eigenvalue weighted by molar-refractivity contribution is 0.316. The highest BCUT2D eigenvalue weighted by atomic mass is 16.5. The monoisotopic (exact) mass is 315 g/mol. The zero-order valence-electron chi connectivity index (χ0n) is 12.6. The Hall–Kier alpha value is -3.40. The topological polar surface area (TPSA) is 58.5 Å². The van der Waals surface area contributed by atoms with E-state index in [4.69, 9.17) is 4.42 Å². The van der Waals surface area contributed by atoms with Gasteiger partial charge in [0, 0.05) is 22.5 Å². The van der Waals surface area contributed by atoms with Gasteiger partial charge in [-0.3, -0.25) is 0 Å². The molecule has 0 radical (unpaired) electrons. The largest absolute Gasteiger partial charge is 0.501 e. The maximum atomic E-state index is 10.0. The van der Waals surface area contributed by atoms with E-state index in [2.05, 4.69) is 16.7 Å². The van der Waals surface area contributed by atoms with Crippen LogP contribution in [-0.4, -0.2) is 14.8 Å². The number of furan rings is 1. The third-order valence-corrected chi connectivity index (χ3v) is 4.45. The zero-order chi connectivity index (χ0) is 16.3. The van der Waals surface area contributed by atoms with Gasteiger partial charge in [0.25, 0.3) is 0 Å². The van der Waals surface area contributed by atoms with Gasteiger partial charge in [0.1, 0.15) is 5.58 Å². The third-order valence-electron chi connectivity index (χ3n) is 4.45. The van der Waals surface area contributed by atoms with E-state index < -0.39 is 5.95 Å². The van der Waals surface area contributed by atoms with E-state index in [0.29, 0.717) is 11.0 Å². The molecule has 24 heavy (non-hydrogen) atoms. The molecule has 2 heterocycles. The van der Waals surface area contributed by atoms with Crippen LogP contribution < -0.4 is 0 Å². The van der Waals surface area contributed by atoms with E-state index in [1.165, 1.54) is 0 Å². The molecule has 0 aliphatic rings. The van der Waals surface area contributed by atoms with E-state index in [1.807, 2.05) is 54.6 Å². The Bertz CT molecular complexity index is 1220. The predicted octanol–water partition coefficient (Wildman–Crippen LogP) is 4.94. The molecule has 0 fully saturated rings. The average molecular weight is 315 g/mol. The Morgan fingerprint density at radius 3 is 2.29 bits per heavy atom. The van der Waals surface area contributed by atoms with Crippen molar-refractivity contribution < 1.29 is 14.6 Å². The molecule has 0 atom stereocenters. The molecule has 0 saturated carbocycles. The predicted molar refractivity (Wildman–Crippen MR) is 93.9 cm³/mol. The summed E-state index contributed by atoms with van der Waals surface area (Å²) in [6.45, 7) is 0. The van der Waals surface area contributed by atoms with E-state index >= 15 is 0 Å². The Labute approximate surface area is 136 Å². The van der Waals surface area contributed by atoms with Gasteiger partial charge in [-0.05, 0) is 24.3 Å². The van der Waals surface area contributed by atoms with Crippen molar-refractivity contribution >= 4 is 32.8 Å². The number of nitrogens with zero attached hydrogens (tertiary/aromatic N) is 1. The third kappa shape index (κ3) is 1.62. The SMILES string of the molecule is Oc1oc2cc3c(cc2c1O)c1ccccc1n3-c1ccccc1. The van der Waals surface area contributed by atoms with Gasteiger partial charge in [-0.1, -0.05) is 36.4 Å². The number of hydrogen-bond acceptors (Lipinski definition) is 3. The summed E-state index contributed by atoms with van der Waals surface area (Å²) in [6.07, 6.45) is 0. The number of fused-ring (bicyclic) bond motifs is 4. The second kappa shape index (κ2) is 4.55. The second-order valence-electron chi connectivity index (χ2n) is 5.81. The summed E-state index contributed by atoms with van der Waals surface area (Å²) in [7, 11) is 0. The molecule has 4 heteroatoms. The molecule has 2 aromatic heterocycles. The lowest BCUT2D eigenvalue weighted by Gasteiger charge is -2.07. The van der Waals surface area contributed by atoms with Crippen molar-refractivity contribution in [3.05, 3.63) is 66.7 Å². The van der Waals surface area contributed by atoms with Gasteiger partial charge in [0.05, 0.1) is 16.4 Å². The molecule has 3 aromatic carbocycles. The molecule has 5 aromatic rings. The second-order valence-corrected chi connectivity index (χ2v) is 5.81. The number of para-hydroxylation sites is 2. The van der Waals surface area contributed by atoms with Gasteiger partial charge < -0.3 is 19.2 Å². The molecule has 0 unspecified atom stereocenters. The van der Waals surface area contributed by atoms with Crippen molar-refractivity contribution in [3.8, 4) is 17.4 Å².